The van der Waals surface area contributed by atoms with Crippen LogP contribution in [0.2, 0.25) is 0 Å². The molecule has 1 rings (SSSR count). The molecule has 0 aliphatic heterocycles. The molecule has 1 aromatic carbocycles. The van der Waals surface area contributed by atoms with Gasteiger partial charge in [0.1, 0.15) is 0 Å². The van der Waals surface area contributed by atoms with Gasteiger partial charge >= 0.3 is 0 Å². The highest BCUT2D eigenvalue weighted by Crippen LogP contribution is 2.19. The number of nitrogens with one attached hydrogen (secondary N) is 2. The number of aryl methyl sites for hydroxylation is 1. The van der Waals surface area contributed by atoms with E-state index in [1.54, 1.807) is 32.1 Å². The summed E-state index contributed by atoms with van der Waals surface area (Å²) >= 11 is 0. The van der Waals surface area contributed by atoms with E-state index in [1.165, 1.54) is 19.2 Å². The summed E-state index contributed by atoms with van der Waals surface area (Å²) in [6.07, 6.45) is 2.97. The Morgan fingerprint density at radius 3 is 2.56 bits per heavy atom. The summed E-state index contributed by atoms with van der Waals surface area (Å²) in [5.74, 6) is -0.297. The van der Waals surface area contributed by atoms with E-state index >= 15 is 0 Å². The number of benzene rings is 1. The van der Waals surface area contributed by atoms with Crippen molar-refractivity contribution in [1.82, 2.24) is 4.72 Å². The second kappa shape index (κ2) is 5.79. The van der Waals surface area contributed by atoms with Gasteiger partial charge in [-0.2, -0.15) is 0 Å². The van der Waals surface area contributed by atoms with Crippen LogP contribution in [0.25, 0.3) is 0 Å². The summed E-state index contributed by atoms with van der Waals surface area (Å²) in [4.78, 5) is 11.5. The molecule has 2 N–H and O–H groups in total. The summed E-state index contributed by atoms with van der Waals surface area (Å²) in [5, 5.41) is 2.59. The van der Waals surface area contributed by atoms with Crippen molar-refractivity contribution in [3.63, 3.8) is 0 Å². The van der Waals surface area contributed by atoms with Crippen molar-refractivity contribution in [3.8, 4) is 0 Å². The fourth-order valence-electron chi connectivity index (χ4n) is 1.41. The van der Waals surface area contributed by atoms with Gasteiger partial charge in [0.25, 0.3) is 0 Å². The van der Waals surface area contributed by atoms with Gasteiger partial charge in [0.05, 0.1) is 4.90 Å². The molecule has 1 aromatic rings. The first-order valence-corrected chi connectivity index (χ1v) is 6.87. The molecule has 0 saturated carbocycles. The number of hydrogen-bond acceptors (Lipinski definition) is 3. The fraction of sp³-hybridized carbons (Fsp3) is 0.250. The quantitative estimate of drug-likeness (QED) is 0.811. The van der Waals surface area contributed by atoms with Crippen molar-refractivity contribution in [2.75, 3.05) is 12.4 Å². The van der Waals surface area contributed by atoms with Crippen molar-refractivity contribution in [1.29, 1.82) is 0 Å². The molecule has 98 valence electrons. The third kappa shape index (κ3) is 3.41. The number of carbonyl (C=O) groups excluding carboxylic acids is 1. The predicted molar refractivity (Wildman–Crippen MR) is 70.9 cm³/mol. The molecule has 0 radical (unpaired) electrons. The van der Waals surface area contributed by atoms with E-state index in [9.17, 15) is 13.2 Å². The van der Waals surface area contributed by atoms with Crippen molar-refractivity contribution < 1.29 is 13.2 Å². The van der Waals surface area contributed by atoms with Gasteiger partial charge in [-0.3, -0.25) is 4.79 Å². The summed E-state index contributed by atoms with van der Waals surface area (Å²) in [5.41, 5.74) is 1.06. The van der Waals surface area contributed by atoms with Crippen LogP contribution >= 0.6 is 0 Å². The van der Waals surface area contributed by atoms with Gasteiger partial charge in [0.15, 0.2) is 0 Å². The topological polar surface area (TPSA) is 75.3 Å². The molecule has 6 heteroatoms. The molecular weight excluding hydrogens is 252 g/mol. The van der Waals surface area contributed by atoms with Crippen LogP contribution in [-0.4, -0.2) is 21.4 Å². The van der Waals surface area contributed by atoms with Crippen LogP contribution in [0, 0.1) is 6.92 Å². The molecule has 18 heavy (non-hydrogen) atoms. The Labute approximate surface area is 107 Å². The molecule has 0 heterocycles. The van der Waals surface area contributed by atoms with E-state index in [0.29, 0.717) is 11.3 Å². The van der Waals surface area contributed by atoms with Gasteiger partial charge < -0.3 is 5.32 Å². The molecule has 0 fully saturated rings. The number of amides is 1. The Balaban J connectivity index is 3.13. The lowest BCUT2D eigenvalue weighted by atomic mass is 10.2. The highest BCUT2D eigenvalue weighted by atomic mass is 32.2. The number of rotatable bonds is 4. The van der Waals surface area contributed by atoms with E-state index in [-0.39, 0.29) is 10.8 Å². The van der Waals surface area contributed by atoms with Crippen molar-refractivity contribution in [2.24, 2.45) is 0 Å². The van der Waals surface area contributed by atoms with E-state index in [1.807, 2.05) is 0 Å². The van der Waals surface area contributed by atoms with Crippen LogP contribution < -0.4 is 10.0 Å². The largest absolute Gasteiger partial charge is 0.322 e. The molecule has 0 aromatic heterocycles. The van der Waals surface area contributed by atoms with Crippen LogP contribution in [0.4, 0.5) is 5.69 Å². The van der Waals surface area contributed by atoms with Crippen LogP contribution in [0.1, 0.15) is 12.5 Å². The first kappa shape index (κ1) is 14.4. The molecular formula is C12H16N2O3S. The lowest BCUT2D eigenvalue weighted by molar-refractivity contribution is -0.111. The Kier molecular flexibility index (Phi) is 4.63. The molecule has 0 aliphatic rings. The average Bonchev–Trinajstić information content (AvgIpc) is 2.31. The smallest absolute Gasteiger partial charge is 0.248 e. The molecule has 0 spiro atoms. The van der Waals surface area contributed by atoms with E-state index in [0.717, 1.165) is 0 Å². The zero-order valence-corrected chi connectivity index (χ0v) is 11.3. The number of anilines is 1. The average molecular weight is 268 g/mol. The summed E-state index contributed by atoms with van der Waals surface area (Å²) < 4.78 is 25.7. The Hall–Kier alpha value is -1.66. The van der Waals surface area contributed by atoms with Gasteiger partial charge in [-0.05, 0) is 44.7 Å². The predicted octanol–water partition coefficient (Wildman–Crippen LogP) is 1.42. The van der Waals surface area contributed by atoms with Crippen molar-refractivity contribution in [2.45, 2.75) is 18.7 Å². The monoisotopic (exact) mass is 268 g/mol. The van der Waals surface area contributed by atoms with Crippen molar-refractivity contribution in [3.05, 3.63) is 35.9 Å². The number of sulfonamides is 1. The minimum Gasteiger partial charge on any atom is -0.322 e. The van der Waals surface area contributed by atoms with E-state index in [4.69, 9.17) is 0 Å². The molecule has 1 amide bonds. The lowest BCUT2D eigenvalue weighted by Crippen LogP contribution is -2.20. The van der Waals surface area contributed by atoms with E-state index < -0.39 is 10.0 Å². The maximum Gasteiger partial charge on any atom is 0.248 e. The summed E-state index contributed by atoms with van der Waals surface area (Å²) in [7, 11) is -2.17. The summed E-state index contributed by atoms with van der Waals surface area (Å²) in [6, 6.07) is 4.74. The van der Waals surface area contributed by atoms with Crippen LogP contribution in [0.5, 0.6) is 0 Å². The zero-order chi connectivity index (χ0) is 13.8. The Morgan fingerprint density at radius 1 is 1.33 bits per heavy atom. The van der Waals surface area contributed by atoms with Gasteiger partial charge in [-0.1, -0.05) is 12.1 Å². The SMILES string of the molecule is CC=CC(=O)Nc1ccc(C)c(S(=O)(=O)NC)c1. The highest BCUT2D eigenvalue weighted by molar-refractivity contribution is 7.89. The van der Waals surface area contributed by atoms with Crippen molar-refractivity contribution >= 4 is 21.6 Å². The molecule has 0 aliphatic carbocycles. The van der Waals surface area contributed by atoms with Crippen LogP contribution in [0.15, 0.2) is 35.2 Å². The normalized spacial score (nSPS) is 11.7. The number of allylic oxidation sites excluding steroid dienone is 1. The Bertz CT molecular complexity index is 577. The minimum absolute atomic E-state index is 0.156. The summed E-state index contributed by atoms with van der Waals surface area (Å²) in [6.45, 7) is 3.42. The molecule has 0 atom stereocenters. The second-order valence-electron chi connectivity index (χ2n) is 3.68. The minimum atomic E-state index is -3.52. The third-order valence-electron chi connectivity index (χ3n) is 2.33. The second-order valence-corrected chi connectivity index (χ2v) is 5.53. The fourth-order valence-corrected chi connectivity index (χ4v) is 2.41. The molecule has 0 unspecified atom stereocenters. The molecule has 0 bridgehead atoms. The first-order chi connectivity index (χ1) is 8.40. The van der Waals surface area contributed by atoms with Crippen LogP contribution in [-0.2, 0) is 14.8 Å². The van der Waals surface area contributed by atoms with Gasteiger partial charge in [-0.25, -0.2) is 13.1 Å². The van der Waals surface area contributed by atoms with Crippen LogP contribution in [0.3, 0.4) is 0 Å². The van der Waals surface area contributed by atoms with Gasteiger partial charge in [0, 0.05) is 5.69 Å². The standard InChI is InChI=1S/C12H16N2O3S/c1-4-5-12(15)14-10-7-6-9(2)11(8-10)18(16,17)13-3/h4-8,13H,1-3H3,(H,14,15). The zero-order valence-electron chi connectivity index (χ0n) is 10.5. The third-order valence-corrected chi connectivity index (χ3v) is 3.89. The molecule has 5 nitrogen and oxygen atoms in total. The molecule has 0 saturated heterocycles. The number of carbonyl (C=O) groups is 1. The maximum absolute atomic E-state index is 11.7. The van der Waals surface area contributed by atoms with Gasteiger partial charge in [-0.15, -0.1) is 0 Å². The highest BCUT2D eigenvalue weighted by Gasteiger charge is 2.15. The van der Waals surface area contributed by atoms with E-state index in [2.05, 4.69) is 10.0 Å². The maximum atomic E-state index is 11.7. The first-order valence-electron chi connectivity index (χ1n) is 5.38. The Morgan fingerprint density at radius 2 is 2.00 bits per heavy atom. The lowest BCUT2D eigenvalue weighted by Gasteiger charge is -2.09. The number of hydrogen-bond donors (Lipinski definition) is 2. The van der Waals surface area contributed by atoms with Gasteiger partial charge in [0.2, 0.25) is 15.9 Å².